The Kier molecular flexibility index (Phi) is 7.11. The van der Waals surface area contributed by atoms with Gasteiger partial charge in [0.2, 0.25) is 5.95 Å². The maximum absolute atomic E-state index is 12.9. The molecule has 2 amide bonds. The van der Waals surface area contributed by atoms with Crippen molar-refractivity contribution in [2.75, 3.05) is 16.0 Å². The van der Waals surface area contributed by atoms with E-state index in [1.54, 1.807) is 24.5 Å². The van der Waals surface area contributed by atoms with Crippen molar-refractivity contribution in [3.63, 3.8) is 0 Å². The Hall–Kier alpha value is -4.51. The van der Waals surface area contributed by atoms with Gasteiger partial charge >= 0.3 is 6.18 Å². The first-order valence-electron chi connectivity index (χ1n) is 10.3. The summed E-state index contributed by atoms with van der Waals surface area (Å²) in [6, 6.07) is 11.8. The van der Waals surface area contributed by atoms with E-state index >= 15 is 0 Å². The average molecular weight is 513 g/mol. The van der Waals surface area contributed by atoms with Crippen molar-refractivity contribution in [1.29, 1.82) is 0 Å². The Labute approximate surface area is 207 Å². The lowest BCUT2D eigenvalue weighted by Gasteiger charge is -2.12. The zero-order valence-corrected chi connectivity index (χ0v) is 18.9. The molecule has 0 radical (unpaired) electrons. The second kappa shape index (κ2) is 10.4. The number of carbonyl (C=O) groups excluding carboxylic acids is 2. The van der Waals surface area contributed by atoms with Gasteiger partial charge < -0.3 is 16.0 Å². The first kappa shape index (κ1) is 24.6. The zero-order chi connectivity index (χ0) is 25.7. The number of carbonyl (C=O) groups is 2. The molecule has 3 N–H and O–H groups in total. The topological polar surface area (TPSA) is 109 Å². The summed E-state index contributed by atoms with van der Waals surface area (Å²) in [7, 11) is 0. The maximum atomic E-state index is 12.9. The van der Waals surface area contributed by atoms with E-state index in [0.717, 1.165) is 18.2 Å². The van der Waals surface area contributed by atoms with Crippen molar-refractivity contribution in [3.05, 3.63) is 101 Å². The van der Waals surface area contributed by atoms with Crippen LogP contribution in [0.3, 0.4) is 0 Å². The van der Waals surface area contributed by atoms with Crippen molar-refractivity contribution in [2.45, 2.75) is 6.18 Å². The van der Waals surface area contributed by atoms with E-state index in [0.29, 0.717) is 5.69 Å². The molecule has 0 saturated heterocycles. The summed E-state index contributed by atoms with van der Waals surface area (Å²) >= 11 is 6.17. The standard InChI is InChI=1S/C24H16ClF3N6O2/c25-19-7-6-17(32-21(35)14-3-1-4-16(9-14)24(26,27)28)10-20(19)34-22(36)15-11-30-23(31-12-15)33-18-5-2-8-29-13-18/h1-13H,(H,32,35)(H,34,36)(H,30,31,33). The summed E-state index contributed by atoms with van der Waals surface area (Å²) in [6.07, 6.45) is 1.26. The molecule has 0 aliphatic rings. The van der Waals surface area contributed by atoms with Crippen LogP contribution in [0.15, 0.2) is 79.4 Å². The van der Waals surface area contributed by atoms with E-state index in [-0.39, 0.29) is 33.5 Å². The molecule has 4 rings (SSSR count). The van der Waals surface area contributed by atoms with Crippen LogP contribution in [0.25, 0.3) is 0 Å². The molecule has 12 heteroatoms. The highest BCUT2D eigenvalue weighted by atomic mass is 35.5. The minimum absolute atomic E-state index is 0.140. The third kappa shape index (κ3) is 6.13. The van der Waals surface area contributed by atoms with Gasteiger partial charge in [-0.05, 0) is 48.5 Å². The summed E-state index contributed by atoms with van der Waals surface area (Å²) in [5.74, 6) is -1.06. The summed E-state index contributed by atoms with van der Waals surface area (Å²) in [5, 5.41) is 8.21. The second-order valence-electron chi connectivity index (χ2n) is 7.34. The van der Waals surface area contributed by atoms with Gasteiger partial charge in [0.1, 0.15) is 0 Å². The number of anilines is 4. The lowest BCUT2D eigenvalue weighted by Crippen LogP contribution is -2.15. The fourth-order valence-electron chi connectivity index (χ4n) is 3.01. The van der Waals surface area contributed by atoms with Crippen molar-refractivity contribution < 1.29 is 22.8 Å². The molecule has 0 fully saturated rings. The number of alkyl halides is 3. The zero-order valence-electron chi connectivity index (χ0n) is 18.2. The Bertz CT molecular complexity index is 1400. The normalized spacial score (nSPS) is 11.0. The predicted octanol–water partition coefficient (Wildman–Crippen LogP) is 5.79. The number of amides is 2. The molecule has 8 nitrogen and oxygen atoms in total. The van der Waals surface area contributed by atoms with Crippen LogP contribution in [-0.2, 0) is 6.18 Å². The molecule has 4 aromatic rings. The highest BCUT2D eigenvalue weighted by Crippen LogP contribution is 2.30. The number of hydrogen-bond acceptors (Lipinski definition) is 6. The minimum atomic E-state index is -4.58. The summed E-state index contributed by atoms with van der Waals surface area (Å²) in [4.78, 5) is 37.3. The lowest BCUT2D eigenvalue weighted by atomic mass is 10.1. The fraction of sp³-hybridized carbons (Fsp3) is 0.0417. The molecular weight excluding hydrogens is 497 g/mol. The Balaban J connectivity index is 1.44. The highest BCUT2D eigenvalue weighted by Gasteiger charge is 2.30. The van der Waals surface area contributed by atoms with E-state index in [4.69, 9.17) is 11.6 Å². The van der Waals surface area contributed by atoms with E-state index in [1.165, 1.54) is 36.7 Å². The van der Waals surface area contributed by atoms with Gasteiger partial charge in [-0.3, -0.25) is 14.6 Å². The van der Waals surface area contributed by atoms with Crippen LogP contribution >= 0.6 is 11.6 Å². The quantitative estimate of drug-likeness (QED) is 0.301. The minimum Gasteiger partial charge on any atom is -0.323 e. The molecule has 0 atom stereocenters. The second-order valence-corrected chi connectivity index (χ2v) is 7.75. The van der Waals surface area contributed by atoms with Gasteiger partial charge in [-0.25, -0.2) is 9.97 Å². The van der Waals surface area contributed by atoms with Gasteiger partial charge in [0.25, 0.3) is 11.8 Å². The van der Waals surface area contributed by atoms with Crippen LogP contribution in [0.1, 0.15) is 26.3 Å². The highest BCUT2D eigenvalue weighted by molar-refractivity contribution is 6.34. The van der Waals surface area contributed by atoms with E-state index < -0.39 is 23.6 Å². The van der Waals surface area contributed by atoms with Crippen LogP contribution in [0.2, 0.25) is 5.02 Å². The molecule has 0 unspecified atom stereocenters. The van der Waals surface area contributed by atoms with Gasteiger partial charge in [0, 0.05) is 29.8 Å². The molecule has 36 heavy (non-hydrogen) atoms. The molecule has 2 heterocycles. The largest absolute Gasteiger partial charge is 0.416 e. The SMILES string of the molecule is O=C(Nc1ccc(Cl)c(NC(=O)c2cnc(Nc3cccnc3)nc2)c1)c1cccc(C(F)(F)F)c1. The number of pyridine rings is 1. The monoisotopic (exact) mass is 512 g/mol. The summed E-state index contributed by atoms with van der Waals surface area (Å²) in [5.41, 5.74) is 0.0720. The molecule has 2 aromatic heterocycles. The summed E-state index contributed by atoms with van der Waals surface area (Å²) in [6.45, 7) is 0. The first-order valence-corrected chi connectivity index (χ1v) is 10.7. The van der Waals surface area contributed by atoms with Crippen LogP contribution < -0.4 is 16.0 Å². The molecule has 0 bridgehead atoms. The lowest BCUT2D eigenvalue weighted by molar-refractivity contribution is -0.137. The number of rotatable bonds is 6. The fourth-order valence-corrected chi connectivity index (χ4v) is 3.17. The smallest absolute Gasteiger partial charge is 0.323 e. The Morgan fingerprint density at radius 2 is 1.56 bits per heavy atom. The van der Waals surface area contributed by atoms with Crippen LogP contribution in [-0.4, -0.2) is 26.8 Å². The van der Waals surface area contributed by atoms with E-state index in [2.05, 4.69) is 30.9 Å². The van der Waals surface area contributed by atoms with Gasteiger partial charge in [-0.2, -0.15) is 13.2 Å². The number of halogens is 4. The molecule has 0 spiro atoms. The third-order valence-corrected chi connectivity index (χ3v) is 5.09. The van der Waals surface area contributed by atoms with Crippen molar-refractivity contribution in [2.24, 2.45) is 0 Å². The van der Waals surface area contributed by atoms with Crippen LogP contribution in [0.4, 0.5) is 36.2 Å². The number of benzene rings is 2. The molecular formula is C24H16ClF3N6O2. The van der Waals surface area contributed by atoms with Crippen LogP contribution in [0, 0.1) is 0 Å². The number of aromatic nitrogens is 3. The Morgan fingerprint density at radius 1 is 0.806 bits per heavy atom. The van der Waals surface area contributed by atoms with Crippen molar-refractivity contribution >= 4 is 46.4 Å². The maximum Gasteiger partial charge on any atom is 0.416 e. The predicted molar refractivity (Wildman–Crippen MR) is 128 cm³/mol. The first-order chi connectivity index (χ1) is 17.2. The Morgan fingerprint density at radius 3 is 2.25 bits per heavy atom. The van der Waals surface area contributed by atoms with Gasteiger partial charge in [-0.15, -0.1) is 0 Å². The molecule has 0 aliphatic heterocycles. The van der Waals surface area contributed by atoms with E-state index in [9.17, 15) is 22.8 Å². The van der Waals surface area contributed by atoms with Crippen molar-refractivity contribution in [3.8, 4) is 0 Å². The average Bonchev–Trinajstić information content (AvgIpc) is 2.86. The van der Waals surface area contributed by atoms with Crippen molar-refractivity contribution in [1.82, 2.24) is 15.0 Å². The molecule has 182 valence electrons. The number of hydrogen-bond donors (Lipinski definition) is 3. The van der Waals surface area contributed by atoms with E-state index in [1.807, 2.05) is 0 Å². The molecule has 0 aliphatic carbocycles. The summed E-state index contributed by atoms with van der Waals surface area (Å²) < 4.78 is 38.8. The third-order valence-electron chi connectivity index (χ3n) is 4.76. The molecule has 0 saturated carbocycles. The molecule has 2 aromatic carbocycles. The van der Waals surface area contributed by atoms with Crippen LogP contribution in [0.5, 0.6) is 0 Å². The number of nitrogens with zero attached hydrogens (tertiary/aromatic N) is 3. The van der Waals surface area contributed by atoms with Gasteiger partial charge in [-0.1, -0.05) is 17.7 Å². The number of nitrogens with one attached hydrogen (secondary N) is 3. The van der Waals surface area contributed by atoms with Gasteiger partial charge in [0.15, 0.2) is 0 Å². The van der Waals surface area contributed by atoms with Gasteiger partial charge in [0.05, 0.1) is 33.7 Å².